The highest BCUT2D eigenvalue weighted by atomic mass is 16.2. The quantitative estimate of drug-likeness (QED) is 0.679. The Hall–Kier alpha value is -2.17. The maximum Gasteiger partial charge on any atom is 0.220 e. The summed E-state index contributed by atoms with van der Waals surface area (Å²) in [7, 11) is 0. The normalized spacial score (nSPS) is 10.1. The van der Waals surface area contributed by atoms with E-state index in [1.165, 1.54) is 12.5 Å². The molecule has 2 amide bonds. The van der Waals surface area contributed by atoms with E-state index in [0.29, 0.717) is 25.9 Å². The minimum Gasteiger partial charge on any atom is -0.354 e. The number of amides is 2. The molecule has 1 aromatic carbocycles. The highest BCUT2D eigenvalue weighted by molar-refractivity contribution is 5.83. The Bertz CT molecular complexity index is 509. The molecular weight excluding hydrogens is 280 g/mol. The van der Waals surface area contributed by atoms with E-state index in [4.69, 9.17) is 0 Å². The van der Waals surface area contributed by atoms with E-state index in [2.05, 4.69) is 10.6 Å². The van der Waals surface area contributed by atoms with Crippen molar-refractivity contribution in [2.75, 3.05) is 13.1 Å². The summed E-state index contributed by atoms with van der Waals surface area (Å²) in [5.41, 5.74) is 2.34. The molecule has 0 radical (unpaired) electrons. The Morgan fingerprint density at radius 3 is 1.95 bits per heavy atom. The largest absolute Gasteiger partial charge is 0.354 e. The van der Waals surface area contributed by atoms with Gasteiger partial charge in [-0.15, -0.1) is 0 Å². The van der Waals surface area contributed by atoms with Crippen LogP contribution in [0.2, 0.25) is 0 Å². The molecule has 0 saturated heterocycles. The first kappa shape index (κ1) is 17.9. The van der Waals surface area contributed by atoms with Gasteiger partial charge in [0.1, 0.15) is 5.78 Å². The number of Topliss-reactive ketones (excluding diaryl/α,β-unsaturated/α-hetero) is 1. The van der Waals surface area contributed by atoms with Gasteiger partial charge in [-0.2, -0.15) is 0 Å². The lowest BCUT2D eigenvalue weighted by molar-refractivity contribution is -0.124. The van der Waals surface area contributed by atoms with E-state index in [9.17, 15) is 14.4 Å². The van der Waals surface area contributed by atoms with Crippen molar-refractivity contribution < 1.29 is 14.4 Å². The molecule has 1 rings (SSSR count). The van der Waals surface area contributed by atoms with Crippen LogP contribution < -0.4 is 10.6 Å². The Morgan fingerprint density at radius 2 is 1.41 bits per heavy atom. The molecule has 0 aliphatic heterocycles. The molecule has 1 aromatic rings. The van der Waals surface area contributed by atoms with Gasteiger partial charge in [0.25, 0.3) is 0 Å². The van der Waals surface area contributed by atoms with Crippen molar-refractivity contribution in [1.29, 1.82) is 0 Å². The van der Waals surface area contributed by atoms with Gasteiger partial charge in [-0.25, -0.2) is 0 Å². The molecule has 0 fully saturated rings. The van der Waals surface area contributed by atoms with Crippen molar-refractivity contribution in [2.45, 2.75) is 39.5 Å². The Balaban J connectivity index is 2.09. The fraction of sp³-hybridized carbons (Fsp3) is 0.471. The number of nitrogens with one attached hydrogen (secondary N) is 2. The molecular formula is C17H24N2O3. The van der Waals surface area contributed by atoms with Crippen LogP contribution in [0.3, 0.4) is 0 Å². The highest BCUT2D eigenvalue weighted by Gasteiger charge is 2.04. The lowest BCUT2D eigenvalue weighted by atomic mass is 10.1. The molecule has 0 aliphatic carbocycles. The first-order valence-corrected chi connectivity index (χ1v) is 7.56. The Kier molecular flexibility index (Phi) is 7.89. The van der Waals surface area contributed by atoms with Crippen LogP contribution in [0.1, 0.15) is 37.3 Å². The zero-order chi connectivity index (χ0) is 16.4. The van der Waals surface area contributed by atoms with Crippen LogP contribution in [-0.4, -0.2) is 30.7 Å². The van der Waals surface area contributed by atoms with Gasteiger partial charge in [0, 0.05) is 32.4 Å². The third-order valence-corrected chi connectivity index (χ3v) is 3.23. The third-order valence-electron chi connectivity index (χ3n) is 3.23. The van der Waals surface area contributed by atoms with E-state index in [1.54, 1.807) is 0 Å². The first-order valence-electron chi connectivity index (χ1n) is 7.56. The third kappa shape index (κ3) is 8.19. The van der Waals surface area contributed by atoms with Gasteiger partial charge in [0.05, 0.1) is 0 Å². The number of carbonyl (C=O) groups excluding carboxylic acids is 3. The minimum atomic E-state index is -0.163. The molecule has 0 aromatic heterocycles. The number of aryl methyl sites for hydroxylation is 2. The first-order chi connectivity index (χ1) is 10.5. The average molecular weight is 304 g/mol. The van der Waals surface area contributed by atoms with Crippen molar-refractivity contribution in [3.63, 3.8) is 0 Å². The van der Waals surface area contributed by atoms with Crippen LogP contribution in [0.5, 0.6) is 0 Å². The Morgan fingerprint density at radius 1 is 0.864 bits per heavy atom. The topological polar surface area (TPSA) is 75.3 Å². The molecule has 0 aliphatic rings. The zero-order valence-electron chi connectivity index (χ0n) is 13.3. The lowest BCUT2D eigenvalue weighted by Crippen LogP contribution is -2.34. The van der Waals surface area contributed by atoms with Gasteiger partial charge in [-0.05, 0) is 25.8 Å². The molecule has 0 unspecified atom stereocenters. The number of ketones is 1. The van der Waals surface area contributed by atoms with Gasteiger partial charge >= 0.3 is 0 Å². The SMILES string of the molecule is CC(=O)CCC(=O)NCCNC(=O)CCc1ccc(C)cc1. The fourth-order valence-corrected chi connectivity index (χ4v) is 1.88. The second kappa shape index (κ2) is 9.71. The molecule has 120 valence electrons. The van der Waals surface area contributed by atoms with Crippen molar-refractivity contribution in [2.24, 2.45) is 0 Å². The van der Waals surface area contributed by atoms with Crippen molar-refractivity contribution in [3.05, 3.63) is 35.4 Å². The number of rotatable bonds is 9. The molecule has 0 spiro atoms. The van der Waals surface area contributed by atoms with Crippen molar-refractivity contribution in [1.82, 2.24) is 10.6 Å². The van der Waals surface area contributed by atoms with Crippen LogP contribution in [0.4, 0.5) is 0 Å². The predicted octanol–water partition coefficient (Wildman–Crippen LogP) is 1.53. The number of hydrogen-bond acceptors (Lipinski definition) is 3. The Labute approximate surface area is 131 Å². The van der Waals surface area contributed by atoms with Crippen molar-refractivity contribution >= 4 is 17.6 Å². The van der Waals surface area contributed by atoms with Crippen LogP contribution >= 0.6 is 0 Å². The van der Waals surface area contributed by atoms with Crippen LogP contribution in [-0.2, 0) is 20.8 Å². The number of hydrogen-bond donors (Lipinski definition) is 2. The van der Waals surface area contributed by atoms with Gasteiger partial charge in [-0.3, -0.25) is 9.59 Å². The van der Waals surface area contributed by atoms with Gasteiger partial charge in [-0.1, -0.05) is 29.8 Å². The van der Waals surface area contributed by atoms with Crippen LogP contribution in [0.15, 0.2) is 24.3 Å². The molecule has 0 atom stereocenters. The molecule has 0 bridgehead atoms. The van der Waals surface area contributed by atoms with E-state index >= 15 is 0 Å². The maximum atomic E-state index is 11.7. The summed E-state index contributed by atoms with van der Waals surface area (Å²) >= 11 is 0. The fourth-order valence-electron chi connectivity index (χ4n) is 1.88. The second-order valence-corrected chi connectivity index (χ2v) is 5.39. The van der Waals surface area contributed by atoms with E-state index in [-0.39, 0.29) is 30.4 Å². The maximum absolute atomic E-state index is 11.7. The molecule has 5 nitrogen and oxygen atoms in total. The van der Waals surface area contributed by atoms with Gasteiger partial charge in [0.2, 0.25) is 11.8 Å². The minimum absolute atomic E-state index is 0.000409. The summed E-state index contributed by atoms with van der Waals surface area (Å²) in [5, 5.41) is 5.43. The highest BCUT2D eigenvalue weighted by Crippen LogP contribution is 2.05. The van der Waals surface area contributed by atoms with Crippen LogP contribution in [0, 0.1) is 6.92 Å². The molecule has 5 heteroatoms. The molecule has 0 saturated carbocycles. The van der Waals surface area contributed by atoms with E-state index in [0.717, 1.165) is 5.56 Å². The van der Waals surface area contributed by atoms with Crippen LogP contribution in [0.25, 0.3) is 0 Å². The summed E-state index contributed by atoms with van der Waals surface area (Å²) in [6.45, 7) is 4.27. The molecule has 22 heavy (non-hydrogen) atoms. The summed E-state index contributed by atoms with van der Waals surface area (Å²) in [5.74, 6) is -0.192. The van der Waals surface area contributed by atoms with Crippen molar-refractivity contribution in [3.8, 4) is 0 Å². The smallest absolute Gasteiger partial charge is 0.220 e. The number of carbonyl (C=O) groups is 3. The predicted molar refractivity (Wildman–Crippen MR) is 85.4 cm³/mol. The van der Waals surface area contributed by atoms with E-state index in [1.807, 2.05) is 31.2 Å². The van der Waals surface area contributed by atoms with E-state index < -0.39 is 0 Å². The van der Waals surface area contributed by atoms with Gasteiger partial charge < -0.3 is 15.4 Å². The standard InChI is InChI=1S/C17H24N2O3/c1-13-3-6-15(7-4-13)8-10-17(22)19-12-11-18-16(21)9-5-14(2)20/h3-4,6-7H,5,8-12H2,1-2H3,(H,18,21)(H,19,22). The summed E-state index contributed by atoms with van der Waals surface area (Å²) in [6.07, 6.45) is 1.60. The summed E-state index contributed by atoms with van der Waals surface area (Å²) in [4.78, 5) is 33.8. The zero-order valence-corrected chi connectivity index (χ0v) is 13.3. The van der Waals surface area contributed by atoms with Gasteiger partial charge in [0.15, 0.2) is 0 Å². The lowest BCUT2D eigenvalue weighted by Gasteiger charge is -2.07. The summed E-state index contributed by atoms with van der Waals surface area (Å²) < 4.78 is 0. The average Bonchev–Trinajstić information content (AvgIpc) is 2.49. The molecule has 0 heterocycles. The number of benzene rings is 1. The molecule has 2 N–H and O–H groups in total. The monoisotopic (exact) mass is 304 g/mol. The summed E-state index contributed by atoms with van der Waals surface area (Å²) in [6, 6.07) is 8.11. The second-order valence-electron chi connectivity index (χ2n) is 5.39.